The average molecular weight is 567 g/mol. The van der Waals surface area contributed by atoms with Gasteiger partial charge in [0.25, 0.3) is 0 Å². The van der Waals surface area contributed by atoms with Gasteiger partial charge >= 0.3 is 0 Å². The second-order valence-corrected chi connectivity index (χ2v) is 11.7. The van der Waals surface area contributed by atoms with Crippen molar-refractivity contribution in [3.63, 3.8) is 0 Å². The number of rotatable bonds is 9. The lowest BCUT2D eigenvalue weighted by Crippen LogP contribution is -2.28. The predicted octanol–water partition coefficient (Wildman–Crippen LogP) is 5.91. The number of ether oxygens (including phenoxy) is 1. The zero-order chi connectivity index (χ0) is 28.8. The molecule has 3 aliphatic rings. The van der Waals surface area contributed by atoms with Crippen LogP contribution in [0.5, 0.6) is 11.5 Å². The Kier molecular flexibility index (Phi) is 6.90. The molecule has 1 atom stereocenters. The Hall–Kier alpha value is -4.24. The molecular formula is C33H35FN6O2. The number of benzene rings is 2. The van der Waals surface area contributed by atoms with Gasteiger partial charge < -0.3 is 19.9 Å². The van der Waals surface area contributed by atoms with Gasteiger partial charge in [-0.15, -0.1) is 0 Å². The van der Waals surface area contributed by atoms with Gasteiger partial charge in [0.05, 0.1) is 11.4 Å². The molecule has 0 spiro atoms. The van der Waals surface area contributed by atoms with Crippen LogP contribution in [-0.2, 0) is 4.79 Å². The zero-order valence-corrected chi connectivity index (χ0v) is 23.7. The number of hydrogen-bond donors (Lipinski definition) is 1. The summed E-state index contributed by atoms with van der Waals surface area (Å²) >= 11 is 0. The number of nitrogen functional groups attached to an aromatic ring is 1. The Morgan fingerprint density at radius 3 is 2.64 bits per heavy atom. The number of likely N-dealkylation sites (N-methyl/N-ethyl adjacent to an activating group) is 1. The molecule has 1 saturated heterocycles. The second-order valence-electron chi connectivity index (χ2n) is 11.7. The highest BCUT2D eigenvalue weighted by Gasteiger charge is 2.38. The molecule has 2 aromatic carbocycles. The maximum absolute atomic E-state index is 13.6. The van der Waals surface area contributed by atoms with Crippen LogP contribution in [0.25, 0.3) is 22.2 Å². The summed E-state index contributed by atoms with van der Waals surface area (Å²) in [7, 11) is 2.12. The van der Waals surface area contributed by atoms with Gasteiger partial charge in [0.15, 0.2) is 0 Å². The van der Waals surface area contributed by atoms with Gasteiger partial charge in [0.2, 0.25) is 5.91 Å². The van der Waals surface area contributed by atoms with Gasteiger partial charge in [-0.3, -0.25) is 9.69 Å². The molecule has 1 aliphatic heterocycles. The lowest BCUT2D eigenvalue weighted by molar-refractivity contribution is -0.125. The Morgan fingerprint density at radius 1 is 1.10 bits per heavy atom. The third kappa shape index (κ3) is 5.25. The first-order valence-corrected chi connectivity index (χ1v) is 14.8. The molecule has 216 valence electrons. The fourth-order valence-corrected chi connectivity index (χ4v) is 6.19. The Balaban J connectivity index is 1.19. The lowest BCUT2D eigenvalue weighted by atomic mass is 10.0. The van der Waals surface area contributed by atoms with E-state index in [0.29, 0.717) is 42.4 Å². The Bertz CT molecular complexity index is 1660. The largest absolute Gasteiger partial charge is 0.457 e. The van der Waals surface area contributed by atoms with Crippen molar-refractivity contribution in [3.8, 4) is 22.6 Å². The number of hydrogen-bond acceptors (Lipinski definition) is 6. The second kappa shape index (κ2) is 10.9. The van der Waals surface area contributed by atoms with Gasteiger partial charge in [-0.05, 0) is 74.9 Å². The molecule has 0 radical (unpaired) electrons. The Labute approximate surface area is 244 Å². The van der Waals surface area contributed by atoms with E-state index in [0.717, 1.165) is 48.0 Å². The highest BCUT2D eigenvalue weighted by atomic mass is 19.1. The van der Waals surface area contributed by atoms with Crippen molar-refractivity contribution in [3.05, 3.63) is 78.5 Å². The summed E-state index contributed by atoms with van der Waals surface area (Å²) in [6.07, 6.45) is 10.8. The van der Waals surface area contributed by atoms with Crippen molar-refractivity contribution >= 4 is 22.8 Å². The standard InChI is InChI=1S/C33H35FN6O2/c1-38(24-11-12-24)16-3-6-28(41)39-17-15-25(19-39)40-31(22-7-8-22)29(30-32(35)36-20-37-33(30)40)21-9-13-26(14-10-21)42-27-5-2-4-23(34)18-27/h2-6,9-10,13-14,18,20,22,24-25H,7-8,11-12,15-17,19H2,1H3,(H2,35,36,37)/t25-/m1/s1. The molecule has 2 aromatic heterocycles. The number of halogens is 1. The van der Waals surface area contributed by atoms with Gasteiger partial charge in [-0.25, -0.2) is 14.4 Å². The molecule has 2 N–H and O–H groups in total. The molecule has 8 nitrogen and oxygen atoms in total. The molecule has 2 saturated carbocycles. The van der Waals surface area contributed by atoms with Crippen LogP contribution >= 0.6 is 0 Å². The lowest BCUT2D eigenvalue weighted by Gasteiger charge is -2.19. The normalized spacial score (nSPS) is 18.9. The van der Waals surface area contributed by atoms with E-state index < -0.39 is 0 Å². The fourth-order valence-electron chi connectivity index (χ4n) is 6.19. The monoisotopic (exact) mass is 566 g/mol. The van der Waals surface area contributed by atoms with E-state index in [4.69, 9.17) is 15.5 Å². The number of likely N-dealkylation sites (tertiary alicyclic amines) is 1. The highest BCUT2D eigenvalue weighted by Crippen LogP contribution is 2.51. The van der Waals surface area contributed by atoms with E-state index in [1.165, 1.54) is 37.0 Å². The number of aromatic nitrogens is 3. The molecule has 1 amide bonds. The number of nitrogens with two attached hydrogens (primary N) is 1. The maximum Gasteiger partial charge on any atom is 0.246 e. The van der Waals surface area contributed by atoms with Crippen molar-refractivity contribution in [1.82, 2.24) is 24.3 Å². The van der Waals surface area contributed by atoms with Gasteiger partial charge in [-0.1, -0.05) is 24.3 Å². The maximum atomic E-state index is 13.6. The molecular weight excluding hydrogens is 531 g/mol. The summed E-state index contributed by atoms with van der Waals surface area (Å²) in [4.78, 5) is 26.4. The zero-order valence-electron chi connectivity index (χ0n) is 23.7. The van der Waals surface area contributed by atoms with Crippen molar-refractivity contribution in [2.24, 2.45) is 0 Å². The van der Waals surface area contributed by atoms with Crippen LogP contribution < -0.4 is 10.5 Å². The Morgan fingerprint density at radius 2 is 1.90 bits per heavy atom. The van der Waals surface area contributed by atoms with E-state index in [-0.39, 0.29) is 17.8 Å². The van der Waals surface area contributed by atoms with E-state index in [9.17, 15) is 9.18 Å². The van der Waals surface area contributed by atoms with Crippen LogP contribution in [0.15, 0.2) is 67.0 Å². The number of anilines is 1. The van der Waals surface area contributed by atoms with Crippen LogP contribution in [-0.4, -0.2) is 63.0 Å². The molecule has 4 aromatic rings. The molecule has 0 unspecified atom stereocenters. The quantitative estimate of drug-likeness (QED) is 0.253. The van der Waals surface area contributed by atoms with Crippen LogP contribution in [0, 0.1) is 5.82 Å². The summed E-state index contributed by atoms with van der Waals surface area (Å²) in [5.41, 5.74) is 10.6. The SMILES string of the molecule is CN(CC=CC(=O)N1CC[C@@H](n2c(C3CC3)c(-c3ccc(Oc4cccc(F)c4)cc3)c3c(N)ncnc32)C1)C1CC1. The van der Waals surface area contributed by atoms with Crippen molar-refractivity contribution < 1.29 is 13.9 Å². The summed E-state index contributed by atoms with van der Waals surface area (Å²) in [5.74, 6) is 1.64. The van der Waals surface area contributed by atoms with Crippen LogP contribution in [0.4, 0.5) is 10.2 Å². The molecule has 2 aliphatic carbocycles. The topological polar surface area (TPSA) is 89.5 Å². The first kappa shape index (κ1) is 26.6. The minimum Gasteiger partial charge on any atom is -0.457 e. The van der Waals surface area contributed by atoms with Gasteiger partial charge in [0.1, 0.15) is 35.1 Å². The molecule has 42 heavy (non-hydrogen) atoms. The average Bonchev–Trinajstić information content (AvgIpc) is 3.92. The minimum absolute atomic E-state index is 0.0642. The number of nitrogens with zero attached hydrogens (tertiary/aromatic N) is 5. The summed E-state index contributed by atoms with van der Waals surface area (Å²) in [5, 5.41) is 0.853. The van der Waals surface area contributed by atoms with Crippen molar-refractivity contribution in [2.45, 2.75) is 50.1 Å². The number of carbonyl (C=O) groups is 1. The number of fused-ring (bicyclic) bond motifs is 1. The first-order valence-electron chi connectivity index (χ1n) is 14.8. The molecule has 9 heteroatoms. The molecule has 3 fully saturated rings. The molecule has 0 bridgehead atoms. The summed E-state index contributed by atoms with van der Waals surface area (Å²) in [6.45, 7) is 2.14. The predicted molar refractivity (Wildman–Crippen MR) is 161 cm³/mol. The van der Waals surface area contributed by atoms with E-state index in [1.807, 2.05) is 35.2 Å². The smallest absolute Gasteiger partial charge is 0.246 e. The van der Waals surface area contributed by atoms with Gasteiger partial charge in [0, 0.05) is 49.1 Å². The van der Waals surface area contributed by atoms with E-state index in [1.54, 1.807) is 18.2 Å². The van der Waals surface area contributed by atoms with E-state index in [2.05, 4.69) is 21.5 Å². The van der Waals surface area contributed by atoms with Gasteiger partial charge in [-0.2, -0.15) is 0 Å². The van der Waals surface area contributed by atoms with E-state index >= 15 is 0 Å². The highest BCUT2D eigenvalue weighted by molar-refractivity contribution is 6.03. The number of carbonyl (C=O) groups excluding carboxylic acids is 1. The van der Waals surface area contributed by atoms with Crippen LogP contribution in [0.3, 0.4) is 0 Å². The summed E-state index contributed by atoms with van der Waals surface area (Å²) in [6, 6.07) is 14.7. The number of amides is 1. The first-order chi connectivity index (χ1) is 20.5. The molecule has 3 heterocycles. The molecule has 7 rings (SSSR count). The summed E-state index contributed by atoms with van der Waals surface area (Å²) < 4.78 is 21.9. The van der Waals surface area contributed by atoms with Crippen LogP contribution in [0.1, 0.15) is 49.8 Å². The minimum atomic E-state index is -0.342. The third-order valence-electron chi connectivity index (χ3n) is 8.65. The van der Waals surface area contributed by atoms with Crippen molar-refractivity contribution in [2.75, 3.05) is 32.4 Å². The van der Waals surface area contributed by atoms with Crippen LogP contribution in [0.2, 0.25) is 0 Å². The van der Waals surface area contributed by atoms with Crippen molar-refractivity contribution in [1.29, 1.82) is 0 Å². The fraction of sp³-hybridized carbons (Fsp3) is 0.364. The third-order valence-corrected chi connectivity index (χ3v) is 8.65.